The van der Waals surface area contributed by atoms with E-state index in [0.717, 1.165) is 6.07 Å². The SMILES string of the molecule is CC(Oc1cc(N2CCN(CCn3cnc4c3nc(N)n3nc(-c5ccco5)nc43)CC2)c(F)cc1F)C(=O)O. The summed E-state index contributed by atoms with van der Waals surface area (Å²) in [5, 5.41) is 13.4. The van der Waals surface area contributed by atoms with Gasteiger partial charge in [-0.1, -0.05) is 0 Å². The van der Waals surface area contributed by atoms with Gasteiger partial charge < -0.3 is 29.5 Å². The highest BCUT2D eigenvalue weighted by molar-refractivity contribution is 5.87. The molecule has 1 aromatic carbocycles. The predicted octanol–water partition coefficient (Wildman–Crippen LogP) is 2.27. The monoisotopic (exact) mass is 553 g/mol. The van der Waals surface area contributed by atoms with E-state index in [1.165, 1.54) is 23.8 Å². The molecule has 5 aromatic rings. The maximum Gasteiger partial charge on any atom is 0.344 e. The minimum absolute atomic E-state index is 0.167. The van der Waals surface area contributed by atoms with Gasteiger partial charge in [0.15, 0.2) is 40.2 Å². The maximum atomic E-state index is 14.6. The molecule has 0 aliphatic carbocycles. The molecule has 1 fully saturated rings. The summed E-state index contributed by atoms with van der Waals surface area (Å²) < 4.78 is 42.7. The van der Waals surface area contributed by atoms with Gasteiger partial charge in [0.1, 0.15) is 5.82 Å². The number of imidazole rings is 1. The van der Waals surface area contributed by atoms with Crippen LogP contribution in [0.4, 0.5) is 20.4 Å². The molecule has 13 nitrogen and oxygen atoms in total. The van der Waals surface area contributed by atoms with Crippen LogP contribution in [0.2, 0.25) is 0 Å². The largest absolute Gasteiger partial charge is 0.479 e. The van der Waals surface area contributed by atoms with Gasteiger partial charge in [-0.2, -0.15) is 9.50 Å². The number of aromatic nitrogens is 6. The normalized spacial score (nSPS) is 15.2. The maximum absolute atomic E-state index is 14.6. The Bertz CT molecular complexity index is 1690. The molecule has 5 heterocycles. The second-order valence-corrected chi connectivity index (χ2v) is 9.39. The molecule has 15 heteroatoms. The van der Waals surface area contributed by atoms with Crippen molar-refractivity contribution >= 4 is 34.4 Å². The number of halogens is 2. The van der Waals surface area contributed by atoms with E-state index in [1.807, 2.05) is 4.57 Å². The predicted molar refractivity (Wildman–Crippen MR) is 139 cm³/mol. The van der Waals surface area contributed by atoms with Crippen LogP contribution in [0.5, 0.6) is 5.75 Å². The molecule has 1 saturated heterocycles. The molecule has 0 radical (unpaired) electrons. The molecule has 208 valence electrons. The first kappa shape index (κ1) is 25.5. The number of carboxylic acids is 1. The van der Waals surface area contributed by atoms with Gasteiger partial charge in [-0.15, -0.1) is 5.10 Å². The summed E-state index contributed by atoms with van der Waals surface area (Å²) in [7, 11) is 0. The summed E-state index contributed by atoms with van der Waals surface area (Å²) in [5.74, 6) is -2.16. The van der Waals surface area contributed by atoms with Crippen LogP contribution in [-0.4, -0.2) is 83.9 Å². The molecule has 4 aromatic heterocycles. The van der Waals surface area contributed by atoms with Crippen molar-refractivity contribution in [3.05, 3.63) is 48.5 Å². The number of benzene rings is 1. The fourth-order valence-corrected chi connectivity index (χ4v) is 4.66. The summed E-state index contributed by atoms with van der Waals surface area (Å²) in [6.07, 6.45) is 1.95. The number of hydrogen-bond donors (Lipinski definition) is 2. The molecule has 1 atom stereocenters. The molecular formula is C25H25F2N9O4. The molecule has 3 N–H and O–H groups in total. The third-order valence-electron chi connectivity index (χ3n) is 6.83. The lowest BCUT2D eigenvalue weighted by Gasteiger charge is -2.36. The average molecular weight is 554 g/mol. The molecule has 1 aliphatic heterocycles. The van der Waals surface area contributed by atoms with Gasteiger partial charge in [0.2, 0.25) is 11.8 Å². The second kappa shape index (κ2) is 10.1. The number of ether oxygens (including phenoxy) is 1. The first-order valence-electron chi connectivity index (χ1n) is 12.5. The molecule has 1 aliphatic rings. The number of nitrogens with zero attached hydrogens (tertiary/aromatic N) is 8. The Labute approximate surface area is 225 Å². The van der Waals surface area contributed by atoms with E-state index >= 15 is 0 Å². The zero-order valence-corrected chi connectivity index (χ0v) is 21.4. The molecule has 6 rings (SSSR count). The minimum atomic E-state index is -1.27. The average Bonchev–Trinajstić information content (AvgIpc) is 3.69. The number of nitrogen functional groups attached to an aromatic ring is 1. The smallest absolute Gasteiger partial charge is 0.344 e. The van der Waals surface area contributed by atoms with Crippen LogP contribution >= 0.6 is 0 Å². The van der Waals surface area contributed by atoms with Gasteiger partial charge in [0.25, 0.3) is 0 Å². The number of anilines is 2. The topological polar surface area (TPSA) is 153 Å². The Kier molecular flexibility index (Phi) is 6.42. The van der Waals surface area contributed by atoms with Crippen molar-refractivity contribution in [3.8, 4) is 17.3 Å². The summed E-state index contributed by atoms with van der Waals surface area (Å²) >= 11 is 0. The van der Waals surface area contributed by atoms with Crippen molar-refractivity contribution in [1.82, 2.24) is 34.0 Å². The van der Waals surface area contributed by atoms with Crippen molar-refractivity contribution in [2.24, 2.45) is 0 Å². The van der Waals surface area contributed by atoms with E-state index in [1.54, 1.807) is 23.4 Å². The van der Waals surface area contributed by atoms with Crippen molar-refractivity contribution in [2.45, 2.75) is 19.6 Å². The van der Waals surface area contributed by atoms with Crippen molar-refractivity contribution in [3.63, 3.8) is 0 Å². The van der Waals surface area contributed by atoms with E-state index in [-0.39, 0.29) is 17.4 Å². The van der Waals surface area contributed by atoms with Gasteiger partial charge in [-0.25, -0.2) is 23.5 Å². The van der Waals surface area contributed by atoms with Crippen LogP contribution in [0.15, 0.2) is 41.3 Å². The van der Waals surface area contributed by atoms with Gasteiger partial charge in [0.05, 0.1) is 18.3 Å². The number of furan rings is 1. The standard InChI is InChI=1S/C25H25F2N9O4/c1-14(24(37)38)40-19-12-17(15(26)11-16(19)27)34-7-4-33(5-8-34)6-9-35-13-29-20-22(35)31-25(28)36-23(20)30-21(32-36)18-3-2-10-39-18/h2-3,10-14H,4-9H2,1H3,(H2,28,31)(H,37,38). The number of hydrogen-bond acceptors (Lipinski definition) is 10. The van der Waals surface area contributed by atoms with E-state index in [0.29, 0.717) is 67.7 Å². The van der Waals surface area contributed by atoms with Crippen LogP contribution in [0.3, 0.4) is 0 Å². The number of aliphatic carboxylic acids is 1. The first-order valence-corrected chi connectivity index (χ1v) is 12.5. The van der Waals surface area contributed by atoms with Gasteiger partial charge in [-0.3, -0.25) is 4.90 Å². The van der Waals surface area contributed by atoms with E-state index in [4.69, 9.17) is 20.0 Å². The summed E-state index contributed by atoms with van der Waals surface area (Å²) in [4.78, 5) is 28.6. The molecule has 40 heavy (non-hydrogen) atoms. The first-order chi connectivity index (χ1) is 19.3. The highest BCUT2D eigenvalue weighted by Gasteiger charge is 2.24. The lowest BCUT2D eigenvalue weighted by molar-refractivity contribution is -0.144. The fourth-order valence-electron chi connectivity index (χ4n) is 4.66. The highest BCUT2D eigenvalue weighted by Crippen LogP contribution is 2.30. The molecule has 0 amide bonds. The van der Waals surface area contributed by atoms with Crippen LogP contribution in [0.1, 0.15) is 6.92 Å². The number of piperazine rings is 1. The van der Waals surface area contributed by atoms with Crippen LogP contribution in [0, 0.1) is 11.6 Å². The quantitative estimate of drug-likeness (QED) is 0.291. The zero-order valence-electron chi connectivity index (χ0n) is 21.4. The van der Waals surface area contributed by atoms with Crippen LogP contribution in [-0.2, 0) is 11.3 Å². The number of rotatable bonds is 8. The number of carbonyl (C=O) groups is 1. The third-order valence-corrected chi connectivity index (χ3v) is 6.83. The van der Waals surface area contributed by atoms with E-state index in [2.05, 4.69) is 25.0 Å². The summed E-state index contributed by atoms with van der Waals surface area (Å²) in [5.41, 5.74) is 7.96. The minimum Gasteiger partial charge on any atom is -0.479 e. The van der Waals surface area contributed by atoms with Gasteiger partial charge in [-0.05, 0) is 19.1 Å². The molecule has 1 unspecified atom stereocenters. The summed E-state index contributed by atoms with van der Waals surface area (Å²) in [6.45, 7) is 4.76. The Morgan fingerprint density at radius 1 is 1.15 bits per heavy atom. The Hall–Kier alpha value is -4.79. The lowest BCUT2D eigenvalue weighted by Crippen LogP contribution is -2.47. The fraction of sp³-hybridized carbons (Fsp3) is 0.320. The summed E-state index contributed by atoms with van der Waals surface area (Å²) in [6, 6.07) is 5.44. The highest BCUT2D eigenvalue weighted by atomic mass is 19.1. The molecule has 0 bridgehead atoms. The molecule has 0 saturated carbocycles. The zero-order chi connectivity index (χ0) is 28.0. The molecular weight excluding hydrogens is 528 g/mol. The molecule has 0 spiro atoms. The van der Waals surface area contributed by atoms with Gasteiger partial charge >= 0.3 is 5.97 Å². The second-order valence-electron chi connectivity index (χ2n) is 9.39. The third kappa shape index (κ3) is 4.64. The lowest BCUT2D eigenvalue weighted by atomic mass is 10.2. The van der Waals surface area contributed by atoms with E-state index in [9.17, 15) is 13.6 Å². The Balaban J connectivity index is 1.13. The Morgan fingerprint density at radius 3 is 2.67 bits per heavy atom. The van der Waals surface area contributed by atoms with E-state index < -0.39 is 23.7 Å². The van der Waals surface area contributed by atoms with Crippen molar-refractivity contribution in [1.29, 1.82) is 0 Å². The van der Waals surface area contributed by atoms with Crippen LogP contribution < -0.4 is 15.4 Å². The number of fused-ring (bicyclic) bond motifs is 3. The van der Waals surface area contributed by atoms with Crippen molar-refractivity contribution < 1.29 is 27.8 Å². The number of nitrogens with two attached hydrogens (primary N) is 1. The number of carboxylic acid groups (broad SMARTS) is 1. The van der Waals surface area contributed by atoms with Gasteiger partial charge in [0, 0.05) is 51.4 Å². The van der Waals surface area contributed by atoms with Crippen LogP contribution in [0.25, 0.3) is 28.4 Å². The Morgan fingerprint density at radius 2 is 1.95 bits per heavy atom. The van der Waals surface area contributed by atoms with Crippen molar-refractivity contribution in [2.75, 3.05) is 43.4 Å².